The Kier molecular flexibility index (Phi) is 4.72. The van der Waals surface area contributed by atoms with Crippen LogP contribution in [0.3, 0.4) is 0 Å². The van der Waals surface area contributed by atoms with Crippen molar-refractivity contribution >= 4 is 40.1 Å². The number of nitrogens with zero attached hydrogens (tertiary/aromatic N) is 3. The van der Waals surface area contributed by atoms with E-state index < -0.39 is 0 Å². The van der Waals surface area contributed by atoms with Crippen LogP contribution in [0.5, 0.6) is 0 Å². The van der Waals surface area contributed by atoms with Crippen LogP contribution < -0.4 is 5.32 Å². The lowest BCUT2D eigenvalue weighted by Gasteiger charge is -2.06. The van der Waals surface area contributed by atoms with Gasteiger partial charge < -0.3 is 14.1 Å². The van der Waals surface area contributed by atoms with Crippen molar-refractivity contribution < 1.29 is 9.21 Å². The molecule has 1 amide bonds. The van der Waals surface area contributed by atoms with Gasteiger partial charge in [-0.25, -0.2) is 9.97 Å². The van der Waals surface area contributed by atoms with Gasteiger partial charge in [-0.1, -0.05) is 6.07 Å². The Balaban J connectivity index is 1.23. The number of amides is 1. The molecule has 0 radical (unpaired) electrons. The number of hydrogen-bond acceptors (Lipinski definition) is 5. The van der Waals surface area contributed by atoms with Gasteiger partial charge in [0.25, 0.3) is 5.91 Å². The molecule has 0 aliphatic rings. The van der Waals surface area contributed by atoms with E-state index in [-0.39, 0.29) is 5.91 Å². The fraction of sp³-hybridized carbons (Fsp3) is 0.0870. The Morgan fingerprint density at radius 2 is 1.97 bits per heavy atom. The summed E-state index contributed by atoms with van der Waals surface area (Å²) in [5.41, 5.74) is 4.68. The molecule has 0 saturated carbocycles. The number of aryl methyl sites for hydroxylation is 1. The van der Waals surface area contributed by atoms with Crippen molar-refractivity contribution in [2.24, 2.45) is 0 Å². The first-order valence-electron chi connectivity index (χ1n) is 9.48. The highest BCUT2D eigenvalue weighted by molar-refractivity contribution is 7.98. The van der Waals surface area contributed by atoms with E-state index in [0.717, 1.165) is 27.5 Å². The van der Waals surface area contributed by atoms with Crippen LogP contribution in [0.2, 0.25) is 0 Å². The number of thioether (sulfide) groups is 1. The Morgan fingerprint density at radius 1 is 1.10 bits per heavy atom. The normalized spacial score (nSPS) is 11.2. The maximum absolute atomic E-state index is 12.6. The molecule has 6 nitrogen and oxygen atoms in total. The van der Waals surface area contributed by atoms with Gasteiger partial charge in [0.2, 0.25) is 0 Å². The number of aromatic nitrogens is 3. The minimum atomic E-state index is -0.161. The van der Waals surface area contributed by atoms with Crippen LogP contribution in [0.1, 0.15) is 21.9 Å². The van der Waals surface area contributed by atoms with Crippen LogP contribution in [0.25, 0.3) is 16.7 Å². The fourth-order valence-electron chi connectivity index (χ4n) is 3.24. The first kappa shape index (κ1) is 18.4. The third kappa shape index (κ3) is 3.79. The predicted molar refractivity (Wildman–Crippen MR) is 118 cm³/mol. The molecule has 0 aliphatic heterocycles. The SMILES string of the molecule is Cc1nc2cc(NC(=O)c3ccc(SCc4cn5ccccc5n4)cc3)ccc2o1. The summed E-state index contributed by atoms with van der Waals surface area (Å²) in [7, 11) is 0. The Morgan fingerprint density at radius 3 is 2.80 bits per heavy atom. The van der Waals surface area contributed by atoms with Gasteiger partial charge in [0.05, 0.1) is 5.69 Å². The van der Waals surface area contributed by atoms with E-state index in [9.17, 15) is 4.79 Å². The molecule has 148 valence electrons. The van der Waals surface area contributed by atoms with Crippen molar-refractivity contribution in [3.05, 3.63) is 90.2 Å². The molecular formula is C23H18N4O2S. The van der Waals surface area contributed by atoms with Crippen LogP contribution in [0, 0.1) is 6.92 Å². The molecule has 5 aromatic rings. The standard InChI is InChI=1S/C23H18N4O2S/c1-15-24-20-12-17(7-10-21(20)29-15)26-23(28)16-5-8-19(9-6-16)30-14-18-13-27-11-3-2-4-22(27)25-18/h2-13H,14H2,1H3,(H,26,28). The number of rotatable bonds is 5. The molecule has 7 heteroatoms. The number of nitrogens with one attached hydrogen (secondary N) is 1. The summed E-state index contributed by atoms with van der Waals surface area (Å²) < 4.78 is 7.48. The number of imidazole rings is 1. The molecule has 0 aliphatic carbocycles. The van der Waals surface area contributed by atoms with E-state index in [2.05, 4.69) is 15.3 Å². The van der Waals surface area contributed by atoms with E-state index in [4.69, 9.17) is 4.42 Å². The summed E-state index contributed by atoms with van der Waals surface area (Å²) in [6.45, 7) is 1.80. The number of pyridine rings is 1. The molecule has 0 spiro atoms. The molecule has 1 N–H and O–H groups in total. The van der Waals surface area contributed by atoms with Gasteiger partial charge in [0, 0.05) is 41.2 Å². The zero-order valence-corrected chi connectivity index (χ0v) is 17.0. The van der Waals surface area contributed by atoms with Crippen molar-refractivity contribution in [3.8, 4) is 0 Å². The van der Waals surface area contributed by atoms with Gasteiger partial charge in [0.1, 0.15) is 11.2 Å². The molecule has 0 fully saturated rings. The van der Waals surface area contributed by atoms with Gasteiger partial charge in [-0.2, -0.15) is 0 Å². The quantitative estimate of drug-likeness (QED) is 0.394. The fourth-order valence-corrected chi connectivity index (χ4v) is 4.02. The van der Waals surface area contributed by atoms with Crippen LogP contribution in [-0.2, 0) is 5.75 Å². The van der Waals surface area contributed by atoms with E-state index in [0.29, 0.717) is 22.7 Å². The summed E-state index contributed by atoms with van der Waals surface area (Å²) >= 11 is 1.69. The second-order valence-electron chi connectivity index (χ2n) is 6.88. The monoisotopic (exact) mass is 414 g/mol. The lowest BCUT2D eigenvalue weighted by atomic mass is 10.2. The minimum absolute atomic E-state index is 0.161. The third-order valence-electron chi connectivity index (χ3n) is 4.67. The molecule has 5 rings (SSSR count). The van der Waals surface area contributed by atoms with E-state index in [1.165, 1.54) is 0 Å². The predicted octanol–water partition coefficient (Wildman–Crippen LogP) is 5.33. The number of carbonyl (C=O) groups excluding carboxylic acids is 1. The maximum Gasteiger partial charge on any atom is 0.255 e. The highest BCUT2D eigenvalue weighted by Crippen LogP contribution is 2.24. The first-order chi connectivity index (χ1) is 14.6. The molecule has 0 atom stereocenters. The van der Waals surface area contributed by atoms with Gasteiger partial charge >= 0.3 is 0 Å². The van der Waals surface area contributed by atoms with Crippen molar-refractivity contribution in [1.29, 1.82) is 0 Å². The van der Waals surface area contributed by atoms with Gasteiger partial charge in [-0.15, -0.1) is 11.8 Å². The van der Waals surface area contributed by atoms with Gasteiger partial charge in [-0.05, 0) is 54.6 Å². The molecule has 0 unspecified atom stereocenters. The largest absolute Gasteiger partial charge is 0.441 e. The Labute approximate surface area is 177 Å². The van der Waals surface area contributed by atoms with Crippen molar-refractivity contribution in [1.82, 2.24) is 14.4 Å². The number of anilines is 1. The molecule has 0 saturated heterocycles. The van der Waals surface area contributed by atoms with E-state index >= 15 is 0 Å². The Bertz CT molecular complexity index is 1320. The summed E-state index contributed by atoms with van der Waals surface area (Å²) in [5.74, 6) is 1.21. The Hall–Kier alpha value is -3.58. The number of carbonyl (C=O) groups is 1. The molecule has 2 aromatic carbocycles. The average molecular weight is 414 g/mol. The molecule has 0 bridgehead atoms. The summed E-state index contributed by atoms with van der Waals surface area (Å²) in [6.07, 6.45) is 4.03. The molecule has 30 heavy (non-hydrogen) atoms. The number of benzene rings is 2. The van der Waals surface area contributed by atoms with E-state index in [1.54, 1.807) is 18.7 Å². The highest BCUT2D eigenvalue weighted by Gasteiger charge is 2.09. The summed E-state index contributed by atoms with van der Waals surface area (Å²) in [6, 6.07) is 19.0. The molecule has 3 heterocycles. The zero-order chi connectivity index (χ0) is 20.5. The van der Waals surface area contributed by atoms with Crippen LogP contribution in [0.4, 0.5) is 5.69 Å². The first-order valence-corrected chi connectivity index (χ1v) is 10.5. The topological polar surface area (TPSA) is 72.4 Å². The third-order valence-corrected chi connectivity index (χ3v) is 5.72. The second kappa shape index (κ2) is 7.68. The van der Waals surface area contributed by atoms with Crippen LogP contribution in [0.15, 0.2) is 82.4 Å². The minimum Gasteiger partial charge on any atom is -0.441 e. The second-order valence-corrected chi connectivity index (χ2v) is 7.93. The molecular weight excluding hydrogens is 396 g/mol. The average Bonchev–Trinajstić information content (AvgIpc) is 3.34. The van der Waals surface area contributed by atoms with Crippen molar-refractivity contribution in [2.45, 2.75) is 17.6 Å². The van der Waals surface area contributed by atoms with Crippen molar-refractivity contribution in [2.75, 3.05) is 5.32 Å². The van der Waals surface area contributed by atoms with Crippen LogP contribution in [-0.4, -0.2) is 20.3 Å². The van der Waals surface area contributed by atoms with E-state index in [1.807, 2.05) is 77.5 Å². The number of fused-ring (bicyclic) bond motifs is 2. The van der Waals surface area contributed by atoms with Gasteiger partial charge in [-0.3, -0.25) is 4.79 Å². The number of hydrogen-bond donors (Lipinski definition) is 1. The number of oxazole rings is 1. The maximum atomic E-state index is 12.6. The van der Waals surface area contributed by atoms with Crippen molar-refractivity contribution in [3.63, 3.8) is 0 Å². The molecule has 3 aromatic heterocycles. The van der Waals surface area contributed by atoms with Gasteiger partial charge in [0.15, 0.2) is 11.5 Å². The van der Waals surface area contributed by atoms with Crippen LogP contribution >= 0.6 is 11.8 Å². The summed E-state index contributed by atoms with van der Waals surface area (Å²) in [4.78, 5) is 22.6. The highest BCUT2D eigenvalue weighted by atomic mass is 32.2. The lowest BCUT2D eigenvalue weighted by molar-refractivity contribution is 0.102. The zero-order valence-electron chi connectivity index (χ0n) is 16.2. The smallest absolute Gasteiger partial charge is 0.255 e. The lowest BCUT2D eigenvalue weighted by Crippen LogP contribution is -2.11. The summed E-state index contributed by atoms with van der Waals surface area (Å²) in [5, 5.41) is 2.91.